The zero-order chi connectivity index (χ0) is 22.2. The number of nitrogens with one attached hydrogen (secondary N) is 4. The molecule has 1 aromatic carbocycles. The van der Waals surface area contributed by atoms with Crippen molar-refractivity contribution in [2.24, 2.45) is 29.1 Å². The topological polar surface area (TPSA) is 99.3 Å². The molecule has 0 aliphatic heterocycles. The second-order valence-electron chi connectivity index (χ2n) is 10.2. The Morgan fingerprint density at radius 3 is 1.81 bits per heavy atom. The van der Waals surface area contributed by atoms with Gasteiger partial charge in [-0.1, -0.05) is 13.8 Å². The third-order valence-electron chi connectivity index (χ3n) is 7.39. The van der Waals surface area contributed by atoms with Crippen LogP contribution in [0.25, 0.3) is 0 Å². The van der Waals surface area contributed by atoms with Crippen LogP contribution in [0.1, 0.15) is 52.4 Å². The van der Waals surface area contributed by atoms with Crippen LogP contribution < -0.4 is 21.3 Å². The maximum atomic E-state index is 13.4. The standard InChI is InChI=1S/C24H34N4O3/c1-14(2)20(21(29)26-18-4-6-19(7-5-18)27-23(31)25-3)28-22(30)24-11-15-8-16(12-24)10-17(9-15)13-24/h4-7,14-17,20H,8-13H2,1-3H3,(H,26,29)(H,28,30)(H2,25,27,31)/t15?,16?,17?,20-,24?/m1/s1. The lowest BCUT2D eigenvalue weighted by molar-refractivity contribution is -0.148. The molecule has 168 valence electrons. The quantitative estimate of drug-likeness (QED) is 0.558. The van der Waals surface area contributed by atoms with Crippen LogP contribution in [0, 0.1) is 29.1 Å². The van der Waals surface area contributed by atoms with Gasteiger partial charge in [0, 0.05) is 23.8 Å². The number of amides is 4. The van der Waals surface area contributed by atoms with Gasteiger partial charge in [0.15, 0.2) is 0 Å². The van der Waals surface area contributed by atoms with Crippen molar-refractivity contribution in [3.05, 3.63) is 24.3 Å². The van der Waals surface area contributed by atoms with Crippen molar-refractivity contribution in [1.82, 2.24) is 10.6 Å². The van der Waals surface area contributed by atoms with E-state index in [2.05, 4.69) is 21.3 Å². The summed E-state index contributed by atoms with van der Waals surface area (Å²) >= 11 is 0. The molecule has 0 saturated heterocycles. The van der Waals surface area contributed by atoms with Crippen molar-refractivity contribution in [3.8, 4) is 0 Å². The minimum atomic E-state index is -0.579. The van der Waals surface area contributed by atoms with E-state index in [-0.39, 0.29) is 29.2 Å². The highest BCUT2D eigenvalue weighted by molar-refractivity contribution is 5.98. The van der Waals surface area contributed by atoms with Crippen LogP contribution in [-0.4, -0.2) is 30.9 Å². The van der Waals surface area contributed by atoms with Gasteiger partial charge in [0.05, 0.1) is 0 Å². The van der Waals surface area contributed by atoms with Gasteiger partial charge >= 0.3 is 6.03 Å². The lowest BCUT2D eigenvalue weighted by atomic mass is 9.49. The second kappa shape index (κ2) is 8.52. The van der Waals surface area contributed by atoms with Crippen molar-refractivity contribution in [2.45, 2.75) is 58.4 Å². The molecule has 5 rings (SSSR count). The summed E-state index contributed by atoms with van der Waals surface area (Å²) in [6.45, 7) is 3.92. The Hall–Kier alpha value is -2.57. The van der Waals surface area contributed by atoms with Crippen LogP contribution in [0.15, 0.2) is 24.3 Å². The van der Waals surface area contributed by atoms with Gasteiger partial charge in [-0.2, -0.15) is 0 Å². The van der Waals surface area contributed by atoms with Crippen LogP contribution >= 0.6 is 0 Å². The highest BCUT2D eigenvalue weighted by atomic mass is 16.2. The molecule has 4 aliphatic carbocycles. The van der Waals surface area contributed by atoms with E-state index in [1.807, 2.05) is 13.8 Å². The number of anilines is 2. The van der Waals surface area contributed by atoms with Crippen molar-refractivity contribution < 1.29 is 14.4 Å². The lowest BCUT2D eigenvalue weighted by Gasteiger charge is -2.55. The molecular formula is C24H34N4O3. The number of urea groups is 1. The van der Waals surface area contributed by atoms with Gasteiger partial charge < -0.3 is 21.3 Å². The monoisotopic (exact) mass is 426 g/mol. The number of rotatable bonds is 6. The Balaban J connectivity index is 1.40. The van der Waals surface area contributed by atoms with Crippen molar-refractivity contribution in [1.29, 1.82) is 0 Å². The fourth-order valence-electron chi connectivity index (χ4n) is 6.27. The van der Waals surface area contributed by atoms with Crippen molar-refractivity contribution in [2.75, 3.05) is 17.7 Å². The largest absolute Gasteiger partial charge is 0.344 e. The predicted molar refractivity (Wildman–Crippen MR) is 121 cm³/mol. The van der Waals surface area contributed by atoms with Gasteiger partial charge in [0.1, 0.15) is 6.04 Å². The van der Waals surface area contributed by atoms with Gasteiger partial charge in [0.25, 0.3) is 0 Å². The molecule has 4 aliphatic rings. The zero-order valence-corrected chi connectivity index (χ0v) is 18.7. The Labute approximate surface area is 184 Å². The van der Waals surface area contributed by atoms with Gasteiger partial charge in [0.2, 0.25) is 11.8 Å². The van der Waals surface area contributed by atoms with E-state index in [0.29, 0.717) is 29.1 Å². The first-order valence-corrected chi connectivity index (χ1v) is 11.5. The van der Waals surface area contributed by atoms with E-state index in [9.17, 15) is 14.4 Å². The summed E-state index contributed by atoms with van der Waals surface area (Å²) in [4.78, 5) is 37.8. The Morgan fingerprint density at radius 1 is 0.871 bits per heavy atom. The average Bonchev–Trinajstić information content (AvgIpc) is 2.71. The maximum absolute atomic E-state index is 13.4. The summed E-state index contributed by atoms with van der Waals surface area (Å²) in [5, 5.41) is 11.2. The van der Waals surface area contributed by atoms with Gasteiger partial charge in [-0.3, -0.25) is 9.59 Å². The van der Waals surface area contributed by atoms with Crippen LogP contribution in [0.4, 0.5) is 16.2 Å². The molecule has 0 aromatic heterocycles. The molecule has 1 aromatic rings. The third-order valence-corrected chi connectivity index (χ3v) is 7.39. The summed E-state index contributed by atoms with van der Waals surface area (Å²) in [5.41, 5.74) is 0.991. The number of hydrogen-bond donors (Lipinski definition) is 4. The SMILES string of the molecule is CNC(=O)Nc1ccc(NC(=O)[C@H](NC(=O)C23CC4CC(CC(C4)C2)C3)C(C)C)cc1. The number of hydrogen-bond acceptors (Lipinski definition) is 3. The van der Waals surface area contributed by atoms with Crippen LogP contribution in [0.3, 0.4) is 0 Å². The molecule has 0 unspecified atom stereocenters. The smallest absolute Gasteiger partial charge is 0.318 e. The van der Waals surface area contributed by atoms with Gasteiger partial charge in [-0.05, 0) is 86.5 Å². The fourth-order valence-corrected chi connectivity index (χ4v) is 6.27. The number of carbonyl (C=O) groups excluding carboxylic acids is 3. The molecule has 7 nitrogen and oxygen atoms in total. The number of benzene rings is 1. The molecule has 0 heterocycles. The highest BCUT2D eigenvalue weighted by Gasteiger charge is 2.55. The lowest BCUT2D eigenvalue weighted by Crippen LogP contribution is -2.57. The van der Waals surface area contributed by atoms with Crippen LogP contribution in [0.2, 0.25) is 0 Å². The first kappa shape index (κ1) is 21.7. The van der Waals surface area contributed by atoms with E-state index in [1.165, 1.54) is 19.3 Å². The molecule has 4 fully saturated rings. The summed E-state index contributed by atoms with van der Waals surface area (Å²) in [6, 6.07) is 6.04. The van der Waals surface area contributed by atoms with E-state index in [4.69, 9.17) is 0 Å². The maximum Gasteiger partial charge on any atom is 0.318 e. The minimum Gasteiger partial charge on any atom is -0.344 e. The molecule has 1 atom stereocenters. The summed E-state index contributed by atoms with van der Waals surface area (Å²) in [7, 11) is 1.55. The average molecular weight is 427 g/mol. The summed E-state index contributed by atoms with van der Waals surface area (Å²) in [6.07, 6.45) is 6.80. The fraction of sp³-hybridized carbons (Fsp3) is 0.625. The first-order chi connectivity index (χ1) is 14.8. The minimum absolute atomic E-state index is 0.0212. The Morgan fingerprint density at radius 2 is 1.35 bits per heavy atom. The van der Waals surface area contributed by atoms with Crippen LogP contribution in [0.5, 0.6) is 0 Å². The molecule has 0 spiro atoms. The molecule has 4 bridgehead atoms. The first-order valence-electron chi connectivity index (χ1n) is 11.5. The van der Waals surface area contributed by atoms with Crippen molar-refractivity contribution >= 4 is 29.2 Å². The molecule has 0 radical (unpaired) electrons. The summed E-state index contributed by atoms with van der Waals surface area (Å²) < 4.78 is 0. The van der Waals surface area contributed by atoms with Gasteiger partial charge in [-0.25, -0.2) is 4.79 Å². The van der Waals surface area contributed by atoms with E-state index in [1.54, 1.807) is 31.3 Å². The second-order valence-corrected chi connectivity index (χ2v) is 10.2. The predicted octanol–water partition coefficient (Wildman–Crippen LogP) is 3.73. The van der Waals surface area contributed by atoms with E-state index >= 15 is 0 Å². The normalized spacial score (nSPS) is 29.4. The highest BCUT2D eigenvalue weighted by Crippen LogP contribution is 2.60. The Bertz CT molecular complexity index is 814. The molecule has 4 saturated carbocycles. The van der Waals surface area contributed by atoms with Crippen molar-refractivity contribution in [3.63, 3.8) is 0 Å². The molecule has 31 heavy (non-hydrogen) atoms. The van der Waals surface area contributed by atoms with Crippen LogP contribution in [-0.2, 0) is 9.59 Å². The number of carbonyl (C=O) groups is 3. The molecule has 7 heteroatoms. The molecular weight excluding hydrogens is 392 g/mol. The van der Waals surface area contributed by atoms with E-state index < -0.39 is 6.04 Å². The van der Waals surface area contributed by atoms with Gasteiger partial charge in [-0.15, -0.1) is 0 Å². The molecule has 4 amide bonds. The Kier molecular flexibility index (Phi) is 5.95. The summed E-state index contributed by atoms with van der Waals surface area (Å²) in [5.74, 6) is 1.90. The third kappa shape index (κ3) is 4.55. The van der Waals surface area contributed by atoms with E-state index in [0.717, 1.165) is 19.3 Å². The molecule has 4 N–H and O–H groups in total. The zero-order valence-electron chi connectivity index (χ0n) is 18.7.